The molecule has 0 unspecified atom stereocenters. The lowest BCUT2D eigenvalue weighted by Gasteiger charge is -2.33. The Morgan fingerprint density at radius 2 is 1.81 bits per heavy atom. The second kappa shape index (κ2) is 8.68. The lowest BCUT2D eigenvalue weighted by Crippen LogP contribution is -3.14. The molecule has 4 N–H and O–H groups in total. The third-order valence-electron chi connectivity index (χ3n) is 5.17. The van der Waals surface area contributed by atoms with E-state index in [0.29, 0.717) is 24.3 Å². The van der Waals surface area contributed by atoms with Gasteiger partial charge in [0.25, 0.3) is 5.91 Å². The van der Waals surface area contributed by atoms with Gasteiger partial charge >= 0.3 is 0 Å². The number of anilines is 1. The van der Waals surface area contributed by atoms with Crippen LogP contribution in [0.15, 0.2) is 54.6 Å². The van der Waals surface area contributed by atoms with Crippen molar-refractivity contribution in [3.8, 4) is 5.75 Å². The zero-order chi connectivity index (χ0) is 19.2. The van der Waals surface area contributed by atoms with Crippen LogP contribution in [0.4, 0.5) is 5.69 Å². The van der Waals surface area contributed by atoms with Crippen molar-refractivity contribution in [3.63, 3.8) is 0 Å². The molecule has 2 aromatic carbocycles. The first kappa shape index (κ1) is 18.9. The fourth-order valence-corrected chi connectivity index (χ4v) is 3.69. The number of hydrogen-bond donors (Lipinski definition) is 3. The van der Waals surface area contributed by atoms with E-state index in [1.807, 2.05) is 48.5 Å². The van der Waals surface area contributed by atoms with Gasteiger partial charge in [0.05, 0.1) is 20.2 Å². The van der Waals surface area contributed by atoms with Crippen molar-refractivity contribution < 1.29 is 19.2 Å². The number of ether oxygens (including phenoxy) is 1. The minimum atomic E-state index is -0.341. The highest BCUT2D eigenvalue weighted by atomic mass is 16.5. The molecule has 1 atom stereocenters. The monoisotopic (exact) mass is 368 g/mol. The molecule has 1 saturated heterocycles. The van der Waals surface area contributed by atoms with Crippen LogP contribution in [0.3, 0.4) is 0 Å². The van der Waals surface area contributed by atoms with E-state index in [0.717, 1.165) is 23.6 Å². The van der Waals surface area contributed by atoms with Crippen molar-refractivity contribution in [1.82, 2.24) is 0 Å². The van der Waals surface area contributed by atoms with Crippen LogP contribution in [0.5, 0.6) is 5.75 Å². The van der Waals surface area contributed by atoms with E-state index >= 15 is 0 Å². The third kappa shape index (κ3) is 4.65. The van der Waals surface area contributed by atoms with Gasteiger partial charge in [-0.25, -0.2) is 0 Å². The Labute approximate surface area is 159 Å². The van der Waals surface area contributed by atoms with Crippen LogP contribution < -0.4 is 20.7 Å². The number of nitrogens with one attached hydrogen (secondary N) is 2. The molecule has 6 nitrogen and oxygen atoms in total. The number of likely N-dealkylation sites (tertiary alicyclic amines) is 1. The van der Waals surface area contributed by atoms with Gasteiger partial charge in [0.1, 0.15) is 5.75 Å². The van der Waals surface area contributed by atoms with E-state index < -0.39 is 0 Å². The number of benzene rings is 2. The van der Waals surface area contributed by atoms with Gasteiger partial charge in [-0.3, -0.25) is 9.59 Å². The Morgan fingerprint density at radius 1 is 1.11 bits per heavy atom. The number of methoxy groups -OCH3 is 1. The number of carbonyl (C=O) groups excluding carboxylic acids is 2. The summed E-state index contributed by atoms with van der Waals surface area (Å²) in [7, 11) is 1.60. The number of amides is 2. The lowest BCUT2D eigenvalue weighted by molar-refractivity contribution is -0.927. The molecular weight excluding hydrogens is 342 g/mol. The molecule has 0 spiro atoms. The molecule has 1 fully saturated rings. The summed E-state index contributed by atoms with van der Waals surface area (Å²) in [6.45, 7) is 1.47. The predicted octanol–water partition coefficient (Wildman–Crippen LogP) is 1.16. The smallest absolute Gasteiger partial charge is 0.287 e. The average molecular weight is 368 g/mol. The Balaban J connectivity index is 1.80. The van der Waals surface area contributed by atoms with Crippen molar-refractivity contribution in [1.29, 1.82) is 0 Å². The lowest BCUT2D eigenvalue weighted by atomic mass is 9.93. The zero-order valence-electron chi connectivity index (χ0n) is 15.5. The summed E-state index contributed by atoms with van der Waals surface area (Å²) in [5.74, 6) is 0.290. The number of carbonyl (C=O) groups is 2. The van der Waals surface area contributed by atoms with Gasteiger partial charge in [0, 0.05) is 36.1 Å². The van der Waals surface area contributed by atoms with E-state index in [9.17, 15) is 9.59 Å². The molecule has 0 saturated carbocycles. The van der Waals surface area contributed by atoms with Crippen molar-refractivity contribution >= 4 is 17.5 Å². The number of nitrogens with two attached hydrogens (primary N) is 1. The highest BCUT2D eigenvalue weighted by Gasteiger charge is 2.36. The van der Waals surface area contributed by atoms with E-state index in [2.05, 4.69) is 5.32 Å². The van der Waals surface area contributed by atoms with Gasteiger partial charge < -0.3 is 20.7 Å². The molecule has 1 aliphatic heterocycles. The van der Waals surface area contributed by atoms with Crippen molar-refractivity contribution in [2.75, 3.05) is 25.5 Å². The van der Waals surface area contributed by atoms with Crippen LogP contribution in [-0.4, -0.2) is 32.0 Å². The molecule has 2 aromatic rings. The van der Waals surface area contributed by atoms with E-state index in [1.165, 1.54) is 0 Å². The molecule has 1 heterocycles. The predicted molar refractivity (Wildman–Crippen MR) is 103 cm³/mol. The quantitative estimate of drug-likeness (QED) is 0.715. The van der Waals surface area contributed by atoms with E-state index in [-0.39, 0.29) is 23.8 Å². The molecule has 6 heteroatoms. The summed E-state index contributed by atoms with van der Waals surface area (Å²) in [4.78, 5) is 25.8. The number of primary amides is 1. The Kier molecular flexibility index (Phi) is 6.08. The number of hydrogen-bond acceptors (Lipinski definition) is 3. The molecule has 142 valence electrons. The van der Waals surface area contributed by atoms with Crippen LogP contribution in [0, 0.1) is 5.92 Å². The molecule has 27 heavy (non-hydrogen) atoms. The minimum absolute atomic E-state index is 0.0676. The Morgan fingerprint density at radius 3 is 2.44 bits per heavy atom. The molecule has 0 bridgehead atoms. The third-order valence-corrected chi connectivity index (χ3v) is 5.17. The summed E-state index contributed by atoms with van der Waals surface area (Å²) >= 11 is 0. The van der Waals surface area contributed by atoms with Crippen molar-refractivity contribution in [3.05, 3.63) is 60.2 Å². The van der Waals surface area contributed by atoms with Gasteiger partial charge in [-0.15, -0.1) is 0 Å². The fourth-order valence-electron chi connectivity index (χ4n) is 3.69. The van der Waals surface area contributed by atoms with E-state index in [1.54, 1.807) is 13.2 Å². The standard InChI is InChI=1S/C21H25N3O3/c1-27-18-9-5-8-17(14-18)23-21(26)19(15-6-3-2-4-7-15)24-12-10-16(11-13-24)20(22)25/h2-9,14,16,19H,10-13H2,1H3,(H2,22,25)(H,23,26)/p+1/t19-/m1/s1. The topological polar surface area (TPSA) is 85.9 Å². The molecular formula is C21H26N3O3+. The maximum absolute atomic E-state index is 13.2. The number of piperidine rings is 1. The summed E-state index contributed by atoms with van der Waals surface area (Å²) in [6.07, 6.45) is 1.42. The summed E-state index contributed by atoms with van der Waals surface area (Å²) < 4.78 is 5.23. The molecule has 1 aliphatic rings. The molecule has 0 aliphatic carbocycles. The van der Waals surface area contributed by atoms with E-state index in [4.69, 9.17) is 10.5 Å². The maximum Gasteiger partial charge on any atom is 0.287 e. The number of rotatable bonds is 6. The van der Waals surface area contributed by atoms with Gasteiger partial charge in [-0.1, -0.05) is 36.4 Å². The van der Waals surface area contributed by atoms with Crippen molar-refractivity contribution in [2.45, 2.75) is 18.9 Å². The first-order valence-corrected chi connectivity index (χ1v) is 9.22. The summed E-state index contributed by atoms with van der Waals surface area (Å²) in [6, 6.07) is 16.8. The highest BCUT2D eigenvalue weighted by Crippen LogP contribution is 2.20. The average Bonchev–Trinajstić information content (AvgIpc) is 2.69. The highest BCUT2D eigenvalue weighted by molar-refractivity contribution is 5.94. The number of quaternary nitrogens is 1. The van der Waals surface area contributed by atoms with Crippen LogP contribution in [0.2, 0.25) is 0 Å². The Bertz CT molecular complexity index is 786. The van der Waals surface area contributed by atoms with Gasteiger partial charge in [-0.2, -0.15) is 0 Å². The summed E-state index contributed by atoms with van der Waals surface area (Å²) in [5.41, 5.74) is 7.11. The molecule has 0 radical (unpaired) electrons. The first-order valence-electron chi connectivity index (χ1n) is 9.22. The largest absolute Gasteiger partial charge is 0.497 e. The van der Waals surface area contributed by atoms with Gasteiger partial charge in [0.15, 0.2) is 6.04 Å². The second-order valence-electron chi connectivity index (χ2n) is 6.90. The zero-order valence-corrected chi connectivity index (χ0v) is 15.5. The van der Waals surface area contributed by atoms with Crippen LogP contribution in [-0.2, 0) is 9.59 Å². The van der Waals surface area contributed by atoms with Gasteiger partial charge in [-0.05, 0) is 12.1 Å². The fraction of sp³-hybridized carbons (Fsp3) is 0.333. The molecule has 3 rings (SSSR count). The van der Waals surface area contributed by atoms with Crippen LogP contribution >= 0.6 is 0 Å². The normalized spacial score (nSPS) is 20.5. The SMILES string of the molecule is COc1cccc(NC(=O)[C@@H](c2ccccc2)[NH+]2CCC(C(N)=O)CC2)c1. The molecule has 0 aromatic heterocycles. The molecule has 2 amide bonds. The van der Waals surface area contributed by atoms with Gasteiger partial charge in [0.2, 0.25) is 5.91 Å². The minimum Gasteiger partial charge on any atom is -0.497 e. The Hall–Kier alpha value is -2.86. The maximum atomic E-state index is 13.2. The van der Waals surface area contributed by atoms with Crippen molar-refractivity contribution in [2.24, 2.45) is 11.7 Å². The first-order chi connectivity index (χ1) is 13.1. The van der Waals surface area contributed by atoms with Crippen LogP contribution in [0.25, 0.3) is 0 Å². The van der Waals surface area contributed by atoms with Crippen LogP contribution in [0.1, 0.15) is 24.4 Å². The second-order valence-corrected chi connectivity index (χ2v) is 6.90. The summed E-state index contributed by atoms with van der Waals surface area (Å²) in [5, 5.41) is 3.02.